The second-order valence-electron chi connectivity index (χ2n) is 6.50. The van der Waals surface area contributed by atoms with Crippen molar-refractivity contribution >= 4 is 39.8 Å². The van der Waals surface area contributed by atoms with Crippen molar-refractivity contribution in [2.45, 2.75) is 13.8 Å². The summed E-state index contributed by atoms with van der Waals surface area (Å²) in [5.41, 5.74) is 3.63. The highest BCUT2D eigenvalue weighted by Crippen LogP contribution is 2.34. The minimum Gasteiger partial charge on any atom is -0.456 e. The van der Waals surface area contributed by atoms with Crippen LogP contribution in [0.2, 0.25) is 5.02 Å². The van der Waals surface area contributed by atoms with Gasteiger partial charge in [-0.1, -0.05) is 17.7 Å². The van der Waals surface area contributed by atoms with Gasteiger partial charge in [-0.3, -0.25) is 0 Å². The van der Waals surface area contributed by atoms with Gasteiger partial charge in [-0.25, -0.2) is 9.97 Å². The van der Waals surface area contributed by atoms with Gasteiger partial charge in [0.05, 0.1) is 10.5 Å². The Morgan fingerprint density at radius 2 is 1.93 bits per heavy atom. The third-order valence-corrected chi connectivity index (χ3v) is 5.01. The number of halogens is 1. The standard InChI is InChI=1S/C22H22ClN5O/c1-3-28(4-2)16-6-5-7-17(13-16)29-20-9-8-15(12-18(20)23)27-22-21-19(10-11-24-21)25-14-26-22/h5-14,24H,3-4H2,1-2H3,(H,25,26,27). The van der Waals surface area contributed by atoms with Gasteiger partial charge in [0.15, 0.2) is 5.82 Å². The smallest absolute Gasteiger partial charge is 0.158 e. The van der Waals surface area contributed by atoms with Crippen molar-refractivity contribution in [3.63, 3.8) is 0 Å². The second-order valence-corrected chi connectivity index (χ2v) is 6.91. The van der Waals surface area contributed by atoms with E-state index in [9.17, 15) is 0 Å². The third-order valence-electron chi connectivity index (χ3n) is 4.71. The molecule has 4 rings (SSSR count). The molecule has 0 atom stereocenters. The maximum atomic E-state index is 6.48. The van der Waals surface area contributed by atoms with Crippen LogP contribution in [-0.4, -0.2) is 28.0 Å². The minimum atomic E-state index is 0.514. The van der Waals surface area contributed by atoms with E-state index in [-0.39, 0.29) is 0 Å². The van der Waals surface area contributed by atoms with Crippen LogP contribution in [0, 0.1) is 0 Å². The SMILES string of the molecule is CCN(CC)c1cccc(Oc2ccc(Nc3ncnc4cc[nH]c34)cc2Cl)c1. The molecule has 0 unspecified atom stereocenters. The summed E-state index contributed by atoms with van der Waals surface area (Å²) in [7, 11) is 0. The van der Waals surface area contributed by atoms with Gasteiger partial charge in [0.2, 0.25) is 0 Å². The Morgan fingerprint density at radius 3 is 2.72 bits per heavy atom. The number of anilines is 3. The average Bonchev–Trinajstić information content (AvgIpc) is 3.21. The predicted octanol–water partition coefficient (Wildman–Crippen LogP) is 5.99. The molecule has 0 bridgehead atoms. The van der Waals surface area contributed by atoms with Gasteiger partial charge in [-0.2, -0.15) is 0 Å². The van der Waals surface area contributed by atoms with Crippen LogP contribution in [-0.2, 0) is 0 Å². The lowest BCUT2D eigenvalue weighted by molar-refractivity contribution is 0.483. The van der Waals surface area contributed by atoms with Crippen molar-refractivity contribution in [2.24, 2.45) is 0 Å². The van der Waals surface area contributed by atoms with Gasteiger partial charge in [0.1, 0.15) is 23.3 Å². The van der Waals surface area contributed by atoms with E-state index in [0.717, 1.165) is 41.2 Å². The predicted molar refractivity (Wildman–Crippen MR) is 119 cm³/mol. The molecule has 29 heavy (non-hydrogen) atoms. The van der Waals surface area contributed by atoms with E-state index < -0.39 is 0 Å². The lowest BCUT2D eigenvalue weighted by Crippen LogP contribution is -2.21. The maximum Gasteiger partial charge on any atom is 0.158 e. The zero-order valence-corrected chi connectivity index (χ0v) is 17.1. The van der Waals surface area contributed by atoms with Crippen LogP contribution in [0.5, 0.6) is 11.5 Å². The monoisotopic (exact) mass is 407 g/mol. The molecule has 148 valence electrons. The summed E-state index contributed by atoms with van der Waals surface area (Å²) in [6.07, 6.45) is 3.36. The molecule has 0 amide bonds. The lowest BCUT2D eigenvalue weighted by Gasteiger charge is -2.21. The van der Waals surface area contributed by atoms with E-state index in [2.05, 4.69) is 45.1 Å². The van der Waals surface area contributed by atoms with Crippen molar-refractivity contribution in [3.8, 4) is 11.5 Å². The summed E-state index contributed by atoms with van der Waals surface area (Å²) in [6.45, 7) is 6.16. The Bertz CT molecular complexity index is 1120. The number of aromatic nitrogens is 3. The molecule has 0 saturated carbocycles. The summed E-state index contributed by atoms with van der Waals surface area (Å²) in [6, 6.07) is 15.5. The van der Waals surface area contributed by atoms with Crippen molar-refractivity contribution in [2.75, 3.05) is 23.3 Å². The molecule has 2 aromatic carbocycles. The molecular formula is C22H22ClN5O. The van der Waals surface area contributed by atoms with Crippen molar-refractivity contribution < 1.29 is 4.74 Å². The molecule has 0 saturated heterocycles. The molecule has 6 nitrogen and oxygen atoms in total. The number of hydrogen-bond donors (Lipinski definition) is 2. The van der Waals surface area contributed by atoms with Gasteiger partial charge < -0.3 is 19.9 Å². The highest BCUT2D eigenvalue weighted by atomic mass is 35.5. The van der Waals surface area contributed by atoms with Gasteiger partial charge in [-0.15, -0.1) is 0 Å². The van der Waals surface area contributed by atoms with Crippen LogP contribution in [0.1, 0.15) is 13.8 Å². The van der Waals surface area contributed by atoms with E-state index in [1.165, 1.54) is 6.33 Å². The number of rotatable bonds is 7. The average molecular weight is 408 g/mol. The van der Waals surface area contributed by atoms with E-state index in [1.807, 2.05) is 48.7 Å². The van der Waals surface area contributed by atoms with E-state index >= 15 is 0 Å². The van der Waals surface area contributed by atoms with Crippen LogP contribution >= 0.6 is 11.6 Å². The molecule has 7 heteroatoms. The molecule has 0 aliphatic rings. The van der Waals surface area contributed by atoms with Crippen LogP contribution in [0.4, 0.5) is 17.2 Å². The van der Waals surface area contributed by atoms with Gasteiger partial charge >= 0.3 is 0 Å². The first kappa shape index (κ1) is 19.1. The van der Waals surface area contributed by atoms with Crippen LogP contribution in [0.25, 0.3) is 11.0 Å². The zero-order chi connectivity index (χ0) is 20.2. The van der Waals surface area contributed by atoms with Crippen molar-refractivity contribution in [1.82, 2.24) is 15.0 Å². The summed E-state index contributed by atoms with van der Waals surface area (Å²) >= 11 is 6.48. The molecule has 0 aliphatic heterocycles. The number of aromatic amines is 1. The Kier molecular flexibility index (Phi) is 5.53. The van der Waals surface area contributed by atoms with Crippen molar-refractivity contribution in [1.29, 1.82) is 0 Å². The molecule has 0 radical (unpaired) electrons. The Morgan fingerprint density at radius 1 is 1.07 bits per heavy atom. The molecule has 2 aromatic heterocycles. The van der Waals surface area contributed by atoms with Crippen LogP contribution in [0.15, 0.2) is 61.1 Å². The molecule has 4 aromatic rings. The van der Waals surface area contributed by atoms with E-state index in [4.69, 9.17) is 16.3 Å². The highest BCUT2D eigenvalue weighted by molar-refractivity contribution is 6.32. The largest absolute Gasteiger partial charge is 0.456 e. The lowest BCUT2D eigenvalue weighted by atomic mass is 10.2. The first-order valence-electron chi connectivity index (χ1n) is 9.55. The number of ether oxygens (including phenoxy) is 1. The Balaban J connectivity index is 1.54. The third kappa shape index (κ3) is 4.12. The molecule has 2 N–H and O–H groups in total. The number of H-pyrrole nitrogens is 1. The summed E-state index contributed by atoms with van der Waals surface area (Å²) < 4.78 is 6.03. The maximum absolute atomic E-state index is 6.48. The van der Waals surface area contributed by atoms with Crippen LogP contribution < -0.4 is 15.0 Å². The number of nitrogens with one attached hydrogen (secondary N) is 2. The topological polar surface area (TPSA) is 66.1 Å². The first-order chi connectivity index (χ1) is 14.2. The number of nitrogens with zero attached hydrogens (tertiary/aromatic N) is 3. The summed E-state index contributed by atoms with van der Waals surface area (Å²) in [5.74, 6) is 2.04. The first-order valence-corrected chi connectivity index (χ1v) is 9.93. The van der Waals surface area contributed by atoms with E-state index in [1.54, 1.807) is 0 Å². The highest BCUT2D eigenvalue weighted by Gasteiger charge is 2.09. The fraction of sp³-hybridized carbons (Fsp3) is 0.182. The van der Waals surface area contributed by atoms with Gasteiger partial charge in [0, 0.05) is 36.7 Å². The fourth-order valence-electron chi connectivity index (χ4n) is 3.22. The molecule has 0 aliphatic carbocycles. The summed E-state index contributed by atoms with van der Waals surface area (Å²) in [5, 5.41) is 3.79. The minimum absolute atomic E-state index is 0.514. The zero-order valence-electron chi connectivity index (χ0n) is 16.3. The normalized spacial score (nSPS) is 10.9. The van der Waals surface area contributed by atoms with Crippen molar-refractivity contribution in [3.05, 3.63) is 66.1 Å². The van der Waals surface area contributed by atoms with Gasteiger partial charge in [0.25, 0.3) is 0 Å². The number of benzene rings is 2. The molecule has 2 heterocycles. The van der Waals surface area contributed by atoms with Gasteiger partial charge in [-0.05, 0) is 50.2 Å². The Hall–Kier alpha value is -3.25. The molecule has 0 spiro atoms. The fourth-order valence-corrected chi connectivity index (χ4v) is 3.44. The van der Waals surface area contributed by atoms with Crippen LogP contribution in [0.3, 0.4) is 0 Å². The Labute approximate surface area is 174 Å². The quantitative estimate of drug-likeness (QED) is 0.393. The summed E-state index contributed by atoms with van der Waals surface area (Å²) in [4.78, 5) is 13.9. The molecular weight excluding hydrogens is 386 g/mol. The number of fused-ring (bicyclic) bond motifs is 1. The second kappa shape index (κ2) is 8.41. The number of hydrogen-bond acceptors (Lipinski definition) is 5. The van der Waals surface area contributed by atoms with E-state index in [0.29, 0.717) is 16.6 Å². The molecule has 0 fully saturated rings.